The highest BCUT2D eigenvalue weighted by atomic mass is 79.9. The summed E-state index contributed by atoms with van der Waals surface area (Å²) in [6.45, 7) is 6.55. The Morgan fingerprint density at radius 2 is 2.22 bits per heavy atom. The van der Waals surface area contributed by atoms with E-state index in [1.807, 2.05) is 30.0 Å². The van der Waals surface area contributed by atoms with Crippen LogP contribution in [0.5, 0.6) is 0 Å². The van der Waals surface area contributed by atoms with E-state index in [9.17, 15) is 4.79 Å². The van der Waals surface area contributed by atoms with Crippen LogP contribution in [0.15, 0.2) is 22.7 Å². The van der Waals surface area contributed by atoms with Crippen LogP contribution >= 0.6 is 28.3 Å². The van der Waals surface area contributed by atoms with Gasteiger partial charge in [0, 0.05) is 30.1 Å². The minimum atomic E-state index is 0. The summed E-state index contributed by atoms with van der Waals surface area (Å²) in [4.78, 5) is 14.3. The molecular weight excluding hydrogens is 316 g/mol. The Hall–Kier alpha value is -0.580. The topological polar surface area (TPSA) is 32.3 Å². The highest BCUT2D eigenvalue weighted by Crippen LogP contribution is 2.20. The monoisotopic (exact) mass is 332 g/mol. The van der Waals surface area contributed by atoms with E-state index in [0.717, 1.165) is 35.2 Å². The number of hydrogen-bond acceptors (Lipinski definition) is 2. The molecule has 1 fully saturated rings. The predicted molar refractivity (Wildman–Crippen MR) is 79.5 cm³/mol. The number of rotatable bonds is 1. The molecule has 1 atom stereocenters. The average molecular weight is 334 g/mol. The Balaban J connectivity index is 0.00000162. The van der Waals surface area contributed by atoms with E-state index in [0.29, 0.717) is 6.04 Å². The normalized spacial score (nSPS) is 19.3. The van der Waals surface area contributed by atoms with Crippen molar-refractivity contribution >= 4 is 34.2 Å². The van der Waals surface area contributed by atoms with Crippen LogP contribution < -0.4 is 5.32 Å². The molecule has 0 bridgehead atoms. The van der Waals surface area contributed by atoms with Crippen molar-refractivity contribution in [3.05, 3.63) is 33.8 Å². The summed E-state index contributed by atoms with van der Waals surface area (Å²) in [6, 6.07) is 6.23. The molecule has 0 spiro atoms. The van der Waals surface area contributed by atoms with Gasteiger partial charge in [0.15, 0.2) is 0 Å². The van der Waals surface area contributed by atoms with Crippen LogP contribution in [-0.2, 0) is 0 Å². The first-order valence-electron chi connectivity index (χ1n) is 5.87. The molecule has 0 unspecified atom stereocenters. The maximum Gasteiger partial charge on any atom is 0.255 e. The van der Waals surface area contributed by atoms with Crippen molar-refractivity contribution in [1.82, 2.24) is 10.2 Å². The molecule has 18 heavy (non-hydrogen) atoms. The SMILES string of the molecule is Cc1ccc(C(=O)N2CCN[C@H](C)C2)c(Br)c1.Cl. The number of halogens is 2. The standard InChI is InChI=1S/C13H17BrN2O.ClH/c1-9-3-4-11(12(14)7-9)13(17)16-6-5-15-10(2)8-16;/h3-4,7,10,15H,5-6,8H2,1-2H3;1H/t10-;/m1./s1. The zero-order valence-corrected chi connectivity index (χ0v) is 13.0. The summed E-state index contributed by atoms with van der Waals surface area (Å²) in [5, 5.41) is 3.34. The van der Waals surface area contributed by atoms with Gasteiger partial charge in [-0.1, -0.05) is 6.07 Å². The van der Waals surface area contributed by atoms with Gasteiger partial charge in [-0.25, -0.2) is 0 Å². The molecule has 2 rings (SSSR count). The molecule has 0 aliphatic carbocycles. The van der Waals surface area contributed by atoms with Gasteiger partial charge in [0.25, 0.3) is 5.91 Å². The Morgan fingerprint density at radius 3 is 2.83 bits per heavy atom. The van der Waals surface area contributed by atoms with Gasteiger partial charge in [0.2, 0.25) is 0 Å². The number of aryl methyl sites for hydroxylation is 1. The molecule has 1 aromatic rings. The maximum absolute atomic E-state index is 12.3. The molecule has 1 saturated heterocycles. The molecule has 1 aliphatic rings. The van der Waals surface area contributed by atoms with Crippen molar-refractivity contribution in [3.63, 3.8) is 0 Å². The maximum atomic E-state index is 12.3. The van der Waals surface area contributed by atoms with Crippen molar-refractivity contribution < 1.29 is 4.79 Å². The van der Waals surface area contributed by atoms with Crippen molar-refractivity contribution in [1.29, 1.82) is 0 Å². The van der Waals surface area contributed by atoms with Gasteiger partial charge in [-0.15, -0.1) is 12.4 Å². The molecule has 0 radical (unpaired) electrons. The van der Waals surface area contributed by atoms with Crippen molar-refractivity contribution in [2.45, 2.75) is 19.9 Å². The third-order valence-electron chi connectivity index (χ3n) is 3.01. The van der Waals surface area contributed by atoms with Gasteiger partial charge in [-0.2, -0.15) is 0 Å². The first-order valence-corrected chi connectivity index (χ1v) is 6.66. The molecule has 5 heteroatoms. The first kappa shape index (κ1) is 15.5. The number of nitrogens with zero attached hydrogens (tertiary/aromatic N) is 1. The molecular formula is C13H18BrClN2O. The van der Waals surface area contributed by atoms with Crippen LogP contribution in [-0.4, -0.2) is 36.5 Å². The fraction of sp³-hybridized carbons (Fsp3) is 0.462. The van der Waals surface area contributed by atoms with E-state index in [4.69, 9.17) is 0 Å². The van der Waals surface area contributed by atoms with Crippen LogP contribution in [0.2, 0.25) is 0 Å². The second kappa shape index (κ2) is 6.55. The lowest BCUT2D eigenvalue weighted by molar-refractivity contribution is 0.0708. The lowest BCUT2D eigenvalue weighted by Gasteiger charge is -2.32. The fourth-order valence-corrected chi connectivity index (χ4v) is 2.74. The number of amides is 1. The highest BCUT2D eigenvalue weighted by molar-refractivity contribution is 9.10. The molecule has 3 nitrogen and oxygen atoms in total. The smallest absolute Gasteiger partial charge is 0.255 e. The van der Waals surface area contributed by atoms with Gasteiger partial charge in [-0.05, 0) is 47.5 Å². The third kappa shape index (κ3) is 3.46. The van der Waals surface area contributed by atoms with Crippen molar-refractivity contribution in [2.75, 3.05) is 19.6 Å². The Kier molecular flexibility index (Phi) is 5.63. The lowest BCUT2D eigenvalue weighted by atomic mass is 10.1. The minimum Gasteiger partial charge on any atom is -0.336 e. The molecule has 1 aliphatic heterocycles. The third-order valence-corrected chi connectivity index (χ3v) is 3.67. The highest BCUT2D eigenvalue weighted by Gasteiger charge is 2.22. The largest absolute Gasteiger partial charge is 0.336 e. The van der Waals surface area contributed by atoms with E-state index in [1.54, 1.807) is 0 Å². The second-order valence-corrected chi connectivity index (χ2v) is 5.44. The van der Waals surface area contributed by atoms with Crippen molar-refractivity contribution in [2.24, 2.45) is 0 Å². The Morgan fingerprint density at radius 1 is 1.50 bits per heavy atom. The summed E-state index contributed by atoms with van der Waals surface area (Å²) in [7, 11) is 0. The summed E-state index contributed by atoms with van der Waals surface area (Å²) < 4.78 is 0.883. The molecule has 1 amide bonds. The number of hydrogen-bond donors (Lipinski definition) is 1. The van der Waals surface area contributed by atoms with E-state index in [-0.39, 0.29) is 18.3 Å². The van der Waals surface area contributed by atoms with Gasteiger partial charge < -0.3 is 10.2 Å². The number of piperazine rings is 1. The summed E-state index contributed by atoms with van der Waals surface area (Å²) >= 11 is 3.47. The summed E-state index contributed by atoms with van der Waals surface area (Å²) in [5.74, 6) is 0.116. The van der Waals surface area contributed by atoms with Gasteiger partial charge in [0.05, 0.1) is 5.56 Å². The first-order chi connectivity index (χ1) is 8.08. The molecule has 1 aromatic carbocycles. The molecule has 1 heterocycles. The average Bonchev–Trinajstić information content (AvgIpc) is 2.28. The molecule has 100 valence electrons. The van der Waals surface area contributed by atoms with Crippen LogP contribution in [0.3, 0.4) is 0 Å². The number of carbonyl (C=O) groups is 1. The predicted octanol–water partition coefficient (Wildman–Crippen LogP) is 2.61. The van der Waals surface area contributed by atoms with Gasteiger partial charge in [0.1, 0.15) is 0 Å². The van der Waals surface area contributed by atoms with Crippen LogP contribution in [0.25, 0.3) is 0 Å². The summed E-state index contributed by atoms with van der Waals surface area (Å²) in [6.07, 6.45) is 0. The lowest BCUT2D eigenvalue weighted by Crippen LogP contribution is -2.51. The Bertz CT molecular complexity index is 439. The number of benzene rings is 1. The fourth-order valence-electron chi connectivity index (χ4n) is 2.08. The van der Waals surface area contributed by atoms with E-state index < -0.39 is 0 Å². The molecule has 1 N–H and O–H groups in total. The number of nitrogens with one attached hydrogen (secondary N) is 1. The van der Waals surface area contributed by atoms with Gasteiger partial charge in [-0.3, -0.25) is 4.79 Å². The quantitative estimate of drug-likeness (QED) is 0.857. The zero-order chi connectivity index (χ0) is 12.4. The van der Waals surface area contributed by atoms with E-state index in [1.165, 1.54) is 0 Å². The van der Waals surface area contributed by atoms with Crippen LogP contribution in [0.4, 0.5) is 0 Å². The second-order valence-electron chi connectivity index (χ2n) is 4.59. The van der Waals surface area contributed by atoms with Crippen molar-refractivity contribution in [3.8, 4) is 0 Å². The van der Waals surface area contributed by atoms with Crippen LogP contribution in [0.1, 0.15) is 22.8 Å². The Labute approximate surface area is 122 Å². The molecule has 0 aromatic heterocycles. The van der Waals surface area contributed by atoms with E-state index >= 15 is 0 Å². The molecule has 0 saturated carbocycles. The summed E-state index contributed by atoms with van der Waals surface area (Å²) in [5.41, 5.74) is 1.91. The minimum absolute atomic E-state index is 0. The van der Waals surface area contributed by atoms with Gasteiger partial charge >= 0.3 is 0 Å². The van der Waals surface area contributed by atoms with Crippen LogP contribution in [0, 0.1) is 6.92 Å². The van der Waals surface area contributed by atoms with E-state index in [2.05, 4.69) is 28.2 Å². The number of carbonyl (C=O) groups excluding carboxylic acids is 1. The zero-order valence-electron chi connectivity index (χ0n) is 10.6.